The molecular formula is C41H51IrN2O2-. The number of hydrogen-bond acceptors (Lipinski definition) is 4. The second kappa shape index (κ2) is 14.3. The SMILES string of the molecule is CC(C)(C)C(=O)/C=C(\O)C(C)(C)C.CC(C)Cc1ccc2c(n1)CCc1cnc(-c3[c-]c4ccccc4c(C(C)(C)C)c3)cc1-2.[Ir]. The number of ketones is 1. The molecule has 0 bridgehead atoms. The summed E-state index contributed by atoms with van der Waals surface area (Å²) in [7, 11) is 0. The van der Waals surface area contributed by atoms with E-state index in [1.54, 1.807) is 0 Å². The molecule has 0 aliphatic heterocycles. The van der Waals surface area contributed by atoms with Crippen molar-refractivity contribution >= 4 is 16.6 Å². The van der Waals surface area contributed by atoms with Crippen molar-refractivity contribution in [3.8, 4) is 22.4 Å². The van der Waals surface area contributed by atoms with Gasteiger partial charge in [0.15, 0.2) is 5.78 Å². The van der Waals surface area contributed by atoms with E-state index in [9.17, 15) is 9.90 Å². The van der Waals surface area contributed by atoms with Crippen molar-refractivity contribution in [3.63, 3.8) is 0 Å². The summed E-state index contributed by atoms with van der Waals surface area (Å²) in [6.07, 6.45) is 6.42. The van der Waals surface area contributed by atoms with Crippen molar-refractivity contribution in [1.82, 2.24) is 9.97 Å². The van der Waals surface area contributed by atoms with Crippen LogP contribution >= 0.6 is 0 Å². The number of carbonyl (C=O) groups is 1. The fourth-order valence-electron chi connectivity index (χ4n) is 5.39. The van der Waals surface area contributed by atoms with Gasteiger partial charge in [-0.3, -0.25) is 14.8 Å². The molecule has 5 rings (SSSR count). The summed E-state index contributed by atoms with van der Waals surface area (Å²) >= 11 is 0. The Bertz CT molecular complexity index is 1730. The largest absolute Gasteiger partial charge is 0.512 e. The summed E-state index contributed by atoms with van der Waals surface area (Å²) in [6.45, 7) is 22.4. The number of nitrogens with zero attached hydrogens (tertiary/aromatic N) is 2. The van der Waals surface area contributed by atoms with E-state index >= 15 is 0 Å². The molecule has 5 heteroatoms. The molecule has 4 aromatic rings. The maximum atomic E-state index is 11.5. The second-order valence-electron chi connectivity index (χ2n) is 15.9. The van der Waals surface area contributed by atoms with Crippen molar-refractivity contribution in [2.75, 3.05) is 0 Å². The van der Waals surface area contributed by atoms with Gasteiger partial charge in [-0.1, -0.05) is 117 Å². The normalized spacial score (nSPS) is 13.3. The van der Waals surface area contributed by atoms with Crippen molar-refractivity contribution in [3.05, 3.63) is 95.1 Å². The van der Waals surface area contributed by atoms with Gasteiger partial charge in [0.1, 0.15) is 5.76 Å². The first-order valence-electron chi connectivity index (χ1n) is 16.2. The molecule has 46 heavy (non-hydrogen) atoms. The van der Waals surface area contributed by atoms with Gasteiger partial charge in [-0.2, -0.15) is 0 Å². The summed E-state index contributed by atoms with van der Waals surface area (Å²) in [5, 5.41) is 12.0. The molecule has 0 amide bonds. The Morgan fingerprint density at radius 3 is 2.20 bits per heavy atom. The maximum Gasteiger partial charge on any atom is 0.164 e. The molecule has 0 fully saturated rings. The Morgan fingerprint density at radius 1 is 0.913 bits per heavy atom. The van der Waals surface area contributed by atoms with Gasteiger partial charge >= 0.3 is 0 Å². The first-order chi connectivity index (χ1) is 20.8. The molecule has 0 saturated carbocycles. The Kier molecular flexibility index (Phi) is 11.6. The summed E-state index contributed by atoms with van der Waals surface area (Å²) in [5.41, 5.74) is 8.95. The van der Waals surface area contributed by atoms with Crippen LogP contribution in [0.15, 0.2) is 66.6 Å². The average molecular weight is 796 g/mol. The molecule has 1 radical (unpaired) electrons. The van der Waals surface area contributed by atoms with Crippen molar-refractivity contribution in [2.45, 2.75) is 101 Å². The zero-order valence-electron chi connectivity index (χ0n) is 29.6. The Hall–Kier alpha value is -3.14. The van der Waals surface area contributed by atoms with E-state index in [4.69, 9.17) is 9.97 Å². The average Bonchev–Trinajstić information content (AvgIpc) is 2.94. The molecule has 1 N–H and O–H groups in total. The number of hydrogen-bond donors (Lipinski definition) is 1. The molecule has 0 atom stereocenters. The third-order valence-corrected chi connectivity index (χ3v) is 8.19. The number of aromatic nitrogens is 2. The fraction of sp³-hybridized carbons (Fsp3) is 0.439. The van der Waals surface area contributed by atoms with Gasteiger partial charge < -0.3 is 5.11 Å². The first-order valence-corrected chi connectivity index (χ1v) is 16.2. The number of allylic oxidation sites excluding steroid dienone is 2. The molecule has 4 nitrogen and oxygen atoms in total. The molecule has 247 valence electrons. The minimum absolute atomic E-state index is 0. The zero-order valence-corrected chi connectivity index (χ0v) is 32.0. The van der Waals surface area contributed by atoms with E-state index in [1.165, 1.54) is 45.1 Å². The number of aliphatic hydroxyl groups excluding tert-OH is 1. The van der Waals surface area contributed by atoms with Gasteiger partial charge in [0.2, 0.25) is 0 Å². The summed E-state index contributed by atoms with van der Waals surface area (Å²) in [6, 6.07) is 21.2. The maximum absolute atomic E-state index is 11.5. The predicted molar refractivity (Wildman–Crippen MR) is 189 cm³/mol. The molecule has 1 aliphatic carbocycles. The number of aliphatic hydroxyl groups is 1. The monoisotopic (exact) mass is 796 g/mol. The van der Waals surface area contributed by atoms with Crippen molar-refractivity contribution in [2.24, 2.45) is 16.7 Å². The van der Waals surface area contributed by atoms with E-state index in [2.05, 4.69) is 95.4 Å². The van der Waals surface area contributed by atoms with E-state index in [1.807, 2.05) is 41.5 Å². The molecule has 2 aromatic carbocycles. The standard InChI is InChI=1S/C30H31N2.C11H20O2.Ir/c1-19(2)14-23-11-12-25-26-17-29(31-18-21(26)10-13-28(25)32-23)22-15-20-8-6-7-9-24(20)27(16-22)30(3,4)5;1-10(2,3)8(12)7-9(13)11(4,5)6;/h6-9,11-12,16-19H,10,13-14H2,1-5H3;7,12H,1-6H3;/q-1;;/b;8-7-;. The fourth-order valence-corrected chi connectivity index (χ4v) is 5.39. The zero-order chi connectivity index (χ0) is 33.3. The van der Waals surface area contributed by atoms with E-state index in [-0.39, 0.29) is 42.5 Å². The quantitative estimate of drug-likeness (QED) is 0.127. The van der Waals surface area contributed by atoms with E-state index in [0.717, 1.165) is 35.9 Å². The Morgan fingerprint density at radius 2 is 1.59 bits per heavy atom. The molecule has 2 aromatic heterocycles. The topological polar surface area (TPSA) is 63.1 Å². The van der Waals surface area contributed by atoms with Crippen LogP contribution in [-0.4, -0.2) is 20.9 Å². The van der Waals surface area contributed by atoms with Gasteiger partial charge in [0, 0.05) is 65.9 Å². The van der Waals surface area contributed by atoms with E-state index < -0.39 is 5.41 Å². The van der Waals surface area contributed by atoms with Crippen LogP contribution in [0.2, 0.25) is 0 Å². The molecular weight excluding hydrogens is 745 g/mol. The molecule has 1 aliphatic rings. The third kappa shape index (κ3) is 9.01. The van der Waals surface area contributed by atoms with Crippen LogP contribution in [0.5, 0.6) is 0 Å². The minimum atomic E-state index is -0.417. The predicted octanol–water partition coefficient (Wildman–Crippen LogP) is 10.4. The van der Waals surface area contributed by atoms with Crippen LogP contribution in [0.4, 0.5) is 0 Å². The number of carbonyl (C=O) groups excluding carboxylic acids is 1. The minimum Gasteiger partial charge on any atom is -0.512 e. The van der Waals surface area contributed by atoms with Crippen LogP contribution in [0.25, 0.3) is 33.2 Å². The molecule has 2 heterocycles. The molecule has 0 unspecified atom stereocenters. The Balaban J connectivity index is 0.000000352. The van der Waals surface area contributed by atoms with Gasteiger partial charge in [0.25, 0.3) is 0 Å². The van der Waals surface area contributed by atoms with Crippen molar-refractivity contribution in [1.29, 1.82) is 0 Å². The summed E-state index contributed by atoms with van der Waals surface area (Å²) in [4.78, 5) is 21.4. The summed E-state index contributed by atoms with van der Waals surface area (Å²) < 4.78 is 0. The smallest absolute Gasteiger partial charge is 0.164 e. The van der Waals surface area contributed by atoms with Crippen LogP contribution < -0.4 is 0 Å². The number of fused-ring (bicyclic) bond motifs is 4. The van der Waals surface area contributed by atoms with Gasteiger partial charge in [-0.05, 0) is 47.8 Å². The van der Waals surface area contributed by atoms with Crippen LogP contribution in [0.3, 0.4) is 0 Å². The van der Waals surface area contributed by atoms with Crippen LogP contribution in [-0.2, 0) is 49.6 Å². The molecule has 0 spiro atoms. The number of rotatable bonds is 4. The van der Waals surface area contributed by atoms with E-state index in [0.29, 0.717) is 5.92 Å². The third-order valence-electron chi connectivity index (χ3n) is 8.19. The van der Waals surface area contributed by atoms with Gasteiger partial charge in [0.05, 0.1) is 0 Å². The van der Waals surface area contributed by atoms with Crippen LogP contribution in [0.1, 0.15) is 98.7 Å². The summed E-state index contributed by atoms with van der Waals surface area (Å²) in [5.74, 6) is 0.722. The number of benzene rings is 2. The first kappa shape index (κ1) is 37.3. The van der Waals surface area contributed by atoms with Crippen LogP contribution in [0, 0.1) is 22.8 Å². The van der Waals surface area contributed by atoms with Crippen molar-refractivity contribution < 1.29 is 30.0 Å². The van der Waals surface area contributed by atoms with Gasteiger partial charge in [-0.25, -0.2) is 0 Å². The Labute approximate surface area is 290 Å². The van der Waals surface area contributed by atoms with Gasteiger partial charge in [-0.15, -0.1) is 29.1 Å². The number of aryl methyl sites for hydroxylation is 2. The molecule has 0 saturated heterocycles. The number of pyridine rings is 2. The second-order valence-corrected chi connectivity index (χ2v) is 15.9.